The van der Waals surface area contributed by atoms with E-state index in [0.717, 1.165) is 99.5 Å². The summed E-state index contributed by atoms with van der Waals surface area (Å²) in [6.07, 6.45) is -5.24. The number of halogens is 8. The van der Waals surface area contributed by atoms with Gasteiger partial charge in [-0.15, -0.1) is 0 Å². The second-order valence-electron chi connectivity index (χ2n) is 28.3. The van der Waals surface area contributed by atoms with Gasteiger partial charge in [-0.05, 0) is 222 Å². The third kappa shape index (κ3) is 23.9. The highest BCUT2D eigenvalue weighted by atomic mass is 32.1. The number of hydrogen-bond donors (Lipinski definition) is 3. The fourth-order valence-electron chi connectivity index (χ4n) is 12.5. The molecule has 4 aromatic carbocycles. The zero-order chi connectivity index (χ0) is 73.8. The summed E-state index contributed by atoms with van der Waals surface area (Å²) in [5.74, 6) is -4.02. The Balaban J connectivity index is 0.000000350. The maximum Gasteiger partial charge on any atom is 0.416 e. The van der Waals surface area contributed by atoms with Crippen molar-refractivity contribution < 1.29 is 68.9 Å². The third-order valence-corrected chi connectivity index (χ3v) is 17.7. The Hall–Kier alpha value is -7.32. The van der Waals surface area contributed by atoms with E-state index in [9.17, 15) is 64.6 Å². The second kappa shape index (κ2) is 36.7. The molecule has 556 valence electrons. The largest absolute Gasteiger partial charge is 0.480 e. The summed E-state index contributed by atoms with van der Waals surface area (Å²) in [7, 11) is 0. The Morgan fingerprint density at radius 3 is 1.28 bits per heavy atom. The molecule has 6 aromatic rings. The number of hydrogen-bond acceptors (Lipinski definition) is 11. The number of carboxylic acid groups (broad SMARTS) is 1. The van der Waals surface area contributed by atoms with Crippen molar-refractivity contribution in [2.75, 3.05) is 52.5 Å². The van der Waals surface area contributed by atoms with Gasteiger partial charge in [0.25, 0.3) is 11.1 Å². The fourth-order valence-corrected chi connectivity index (χ4v) is 12.5. The monoisotopic (exact) mass is 1460 g/mol. The number of aryl methyl sites for hydroxylation is 6. The van der Waals surface area contributed by atoms with E-state index in [4.69, 9.17) is 15.2 Å². The maximum atomic E-state index is 16.0. The number of benzene rings is 4. The van der Waals surface area contributed by atoms with Crippen LogP contribution in [-0.2, 0) is 53.8 Å². The summed E-state index contributed by atoms with van der Waals surface area (Å²) < 4.78 is 125. The first-order chi connectivity index (χ1) is 46.1. The van der Waals surface area contributed by atoms with Crippen LogP contribution in [0, 0.1) is 64.0 Å². The number of alkyl halides is 6. The zero-order valence-electron chi connectivity index (χ0n) is 60.3. The van der Waals surface area contributed by atoms with Crippen molar-refractivity contribution in [1.29, 1.82) is 0 Å². The van der Waals surface area contributed by atoms with Crippen LogP contribution >= 0.6 is 27.0 Å². The zero-order valence-corrected chi connectivity index (χ0v) is 62.3. The molecule has 0 spiro atoms. The average Bonchev–Trinajstić information content (AvgIpc) is 0.800. The van der Waals surface area contributed by atoms with Gasteiger partial charge in [0.05, 0.1) is 43.2 Å². The van der Waals surface area contributed by atoms with E-state index >= 15 is 4.39 Å². The Labute approximate surface area is 601 Å². The van der Waals surface area contributed by atoms with Crippen molar-refractivity contribution in [3.63, 3.8) is 0 Å². The molecule has 1 amide bonds. The highest BCUT2D eigenvalue weighted by Gasteiger charge is 2.39. The topological polar surface area (TPSA) is 196 Å². The Morgan fingerprint density at radius 1 is 0.554 bits per heavy atom. The summed E-state index contributed by atoms with van der Waals surface area (Å²) in [4.78, 5) is 80.2. The molecule has 25 heteroatoms. The number of aromatic nitrogens is 2. The molecule has 0 aliphatic carbocycles. The first-order valence-corrected chi connectivity index (χ1v) is 33.5. The third-order valence-electron chi connectivity index (χ3n) is 17.7. The number of likely N-dealkylation sites (tertiary alicyclic amines) is 2. The van der Waals surface area contributed by atoms with Crippen LogP contribution in [0.5, 0.6) is 0 Å². The Kier molecular flexibility index (Phi) is 31.3. The standard InChI is InChI=1S/C38H47F4N3O4.C20H24FNO2.C18H25F3N2O3.2H2S/c1-8-49-33(47)20-30(28-18-27(17-25(4)35(28)39)34-23(2)11-9-12-24(34)3)43-36(48)31(21-37(5,6)7)45-22-26(13-16-44-14-10-15-44)29(19-32(45)46)38(40,41)42;1-5-24-18(23)11-17(22)16-10-15(9-14(4)20(16)21)19-12(2)7-6-8-13(19)3;1-17(2,3)10-14(16(25)26)23-11-12(5-8-22-6-4-7-22)13(9-15(23)24)18(19,20)21;;/h9,11-12,17-19,22,30-31H,8,10,13-16,20-21H2,1-7H3,(H,43,48);6-10,17H,5,11,22H2,1-4H3;9,11,14H,4-8,10H2,1-3H3,(H,25,26);2*1H2/t30-,31?;17-;;;/m00.../s1. The van der Waals surface area contributed by atoms with Crippen LogP contribution in [0.2, 0.25) is 0 Å². The van der Waals surface area contributed by atoms with Crippen molar-refractivity contribution >= 4 is 50.8 Å². The van der Waals surface area contributed by atoms with E-state index in [1.165, 1.54) is 0 Å². The van der Waals surface area contributed by atoms with Crippen LogP contribution in [0.3, 0.4) is 0 Å². The predicted octanol–water partition coefficient (Wildman–Crippen LogP) is 15.4. The van der Waals surface area contributed by atoms with E-state index in [2.05, 4.69) is 5.32 Å². The molecule has 4 heterocycles. The van der Waals surface area contributed by atoms with E-state index in [-0.39, 0.29) is 94.8 Å². The number of carbonyl (C=O) groups is 4. The van der Waals surface area contributed by atoms with E-state index < -0.39 is 106 Å². The van der Waals surface area contributed by atoms with Gasteiger partial charge in [-0.3, -0.25) is 24.0 Å². The van der Waals surface area contributed by atoms with E-state index in [1.54, 1.807) is 45.9 Å². The number of amides is 1. The second-order valence-corrected chi connectivity index (χ2v) is 28.3. The minimum atomic E-state index is -4.76. The van der Waals surface area contributed by atoms with Gasteiger partial charge in [-0.2, -0.15) is 53.3 Å². The molecular formula is C76H100F8N6O9S2. The molecule has 0 bridgehead atoms. The highest BCUT2D eigenvalue weighted by Crippen LogP contribution is 2.39. The van der Waals surface area contributed by atoms with Crippen molar-refractivity contribution in [3.05, 3.63) is 184 Å². The summed E-state index contributed by atoms with van der Waals surface area (Å²) >= 11 is 0. The van der Waals surface area contributed by atoms with Crippen LogP contribution in [0.1, 0.15) is 185 Å². The highest BCUT2D eigenvalue weighted by molar-refractivity contribution is 7.59. The molecule has 4 N–H and O–H groups in total. The minimum absolute atomic E-state index is 0. The number of esters is 2. The molecule has 2 aliphatic heterocycles. The summed E-state index contributed by atoms with van der Waals surface area (Å²) in [5, 5.41) is 12.3. The quantitative estimate of drug-likeness (QED) is 0.0406. The average molecular weight is 1460 g/mol. The number of rotatable bonds is 23. The number of carboxylic acids is 1. The normalized spacial score (nSPS) is 14.5. The number of ether oxygens (including phenoxy) is 2. The summed E-state index contributed by atoms with van der Waals surface area (Å²) in [5.41, 5.74) is 10.0. The lowest BCUT2D eigenvalue weighted by Gasteiger charge is -2.32. The van der Waals surface area contributed by atoms with E-state index in [1.807, 2.05) is 122 Å². The summed E-state index contributed by atoms with van der Waals surface area (Å²) in [6.45, 7) is 30.1. The number of pyridine rings is 2. The van der Waals surface area contributed by atoms with Crippen molar-refractivity contribution in [2.24, 2.45) is 16.6 Å². The lowest BCUT2D eigenvalue weighted by atomic mass is 9.87. The van der Waals surface area contributed by atoms with Crippen molar-refractivity contribution in [1.82, 2.24) is 24.3 Å². The number of nitrogens with two attached hydrogens (primary N) is 1. The maximum absolute atomic E-state index is 16.0. The van der Waals surface area contributed by atoms with Gasteiger partial charge in [0, 0.05) is 54.8 Å². The van der Waals surface area contributed by atoms with Gasteiger partial charge in [0.1, 0.15) is 23.7 Å². The summed E-state index contributed by atoms with van der Waals surface area (Å²) in [6, 6.07) is 15.5. The molecule has 2 fully saturated rings. The van der Waals surface area contributed by atoms with Crippen molar-refractivity contribution in [3.8, 4) is 22.3 Å². The number of carbonyl (C=O) groups excluding carboxylic acids is 3. The number of aliphatic carboxylic acids is 1. The molecule has 2 aromatic heterocycles. The van der Waals surface area contributed by atoms with Crippen LogP contribution < -0.4 is 22.2 Å². The number of nitrogens with zero attached hydrogens (tertiary/aromatic N) is 4. The SMILES string of the molecule is CC(C)(C)CC(C(=O)O)n1cc(CCN2CCC2)c(C(F)(F)F)cc1=O.CCOC(=O)C[C@H](N)c1cc(-c2c(C)cccc2C)cc(C)c1F.CCOC(=O)C[C@H](NC(=O)C(CC(C)(C)C)n1cc(CCN2CCC2)c(C(F)(F)F)cc1=O)c1cc(-c2c(C)cccc2C)cc(C)c1F.S.S. The molecule has 2 saturated heterocycles. The van der Waals surface area contributed by atoms with Crippen LogP contribution in [0.15, 0.2) is 94.8 Å². The van der Waals surface area contributed by atoms with Gasteiger partial charge in [-0.1, -0.05) is 77.9 Å². The molecule has 4 atom stereocenters. The first-order valence-electron chi connectivity index (χ1n) is 33.5. The predicted molar refractivity (Wildman–Crippen MR) is 388 cm³/mol. The molecule has 8 rings (SSSR count). The first kappa shape index (κ1) is 86.1. The molecule has 2 unspecified atom stereocenters. The lowest BCUT2D eigenvalue weighted by molar-refractivity contribution is -0.144. The molecule has 2 aliphatic rings. The molecule has 101 heavy (non-hydrogen) atoms. The minimum Gasteiger partial charge on any atom is -0.480 e. The van der Waals surface area contributed by atoms with E-state index in [0.29, 0.717) is 47.5 Å². The Bertz CT molecular complexity index is 3940. The van der Waals surface area contributed by atoms with Gasteiger partial charge in [-0.25, -0.2) is 13.6 Å². The lowest BCUT2D eigenvalue weighted by Crippen LogP contribution is -2.42. The fraction of sp³-hybridized carbons (Fsp3) is 0.500. The molecular weight excluding hydrogens is 1360 g/mol. The molecule has 15 nitrogen and oxygen atoms in total. The van der Waals surface area contributed by atoms with Crippen LogP contribution in [0.25, 0.3) is 22.3 Å². The molecule has 0 radical (unpaired) electrons. The van der Waals surface area contributed by atoms with Crippen LogP contribution in [0.4, 0.5) is 35.1 Å². The van der Waals surface area contributed by atoms with Gasteiger partial charge < -0.3 is 44.6 Å². The Morgan fingerprint density at radius 2 is 0.921 bits per heavy atom. The van der Waals surface area contributed by atoms with Crippen molar-refractivity contribution in [2.45, 2.75) is 185 Å². The van der Waals surface area contributed by atoms with Gasteiger partial charge >= 0.3 is 30.3 Å². The van der Waals surface area contributed by atoms with Gasteiger partial charge in [0.2, 0.25) is 5.91 Å². The smallest absolute Gasteiger partial charge is 0.416 e. The van der Waals surface area contributed by atoms with Crippen LogP contribution in [-0.4, -0.2) is 100 Å². The van der Waals surface area contributed by atoms with Gasteiger partial charge in [0.15, 0.2) is 0 Å². The molecule has 0 saturated carbocycles. The number of nitrogens with one attached hydrogen (secondary N) is 1.